The highest BCUT2D eigenvalue weighted by Crippen LogP contribution is 2.19. The lowest BCUT2D eigenvalue weighted by Gasteiger charge is -2.14. The van der Waals surface area contributed by atoms with Crippen LogP contribution in [0.15, 0.2) is 48.5 Å². The minimum atomic E-state index is -0.282. The Morgan fingerprint density at radius 3 is 2.37 bits per heavy atom. The van der Waals surface area contributed by atoms with Crippen LogP contribution >= 0.6 is 12.2 Å². The summed E-state index contributed by atoms with van der Waals surface area (Å²) in [5, 5.41) is 5.91. The number of carbonyl (C=O) groups is 1. The summed E-state index contributed by atoms with van der Waals surface area (Å²) >= 11 is 5.24. The fraction of sp³-hybridized carbons (Fsp3) is 0.333. The molecule has 5 nitrogen and oxygen atoms in total. The fourth-order valence-electron chi connectivity index (χ4n) is 2.26. The van der Waals surface area contributed by atoms with E-state index in [1.54, 1.807) is 24.3 Å². The van der Waals surface area contributed by atoms with Gasteiger partial charge in [0.15, 0.2) is 5.11 Å². The predicted octanol–water partition coefficient (Wildman–Crippen LogP) is 4.78. The molecule has 1 unspecified atom stereocenters. The van der Waals surface area contributed by atoms with Gasteiger partial charge >= 0.3 is 0 Å². The summed E-state index contributed by atoms with van der Waals surface area (Å²) in [7, 11) is 0. The van der Waals surface area contributed by atoms with Gasteiger partial charge in [0.2, 0.25) is 0 Å². The molecular formula is C21H26N2O3S. The van der Waals surface area contributed by atoms with Crippen molar-refractivity contribution >= 4 is 28.9 Å². The van der Waals surface area contributed by atoms with E-state index in [1.165, 1.54) is 0 Å². The van der Waals surface area contributed by atoms with Crippen LogP contribution < -0.4 is 20.1 Å². The van der Waals surface area contributed by atoms with Crippen LogP contribution in [0.3, 0.4) is 0 Å². The lowest BCUT2D eigenvalue weighted by molar-refractivity contribution is 0.0977. The summed E-state index contributed by atoms with van der Waals surface area (Å²) in [5.41, 5.74) is 1.26. The lowest BCUT2D eigenvalue weighted by atomic mass is 10.2. The van der Waals surface area contributed by atoms with Crippen molar-refractivity contribution in [3.8, 4) is 11.5 Å². The average molecular weight is 387 g/mol. The Morgan fingerprint density at radius 2 is 1.74 bits per heavy atom. The van der Waals surface area contributed by atoms with Crippen molar-refractivity contribution < 1.29 is 14.3 Å². The van der Waals surface area contributed by atoms with E-state index in [-0.39, 0.29) is 23.2 Å². The van der Waals surface area contributed by atoms with Gasteiger partial charge in [-0.15, -0.1) is 0 Å². The smallest absolute Gasteiger partial charge is 0.257 e. The zero-order valence-electron chi connectivity index (χ0n) is 16.1. The number of ether oxygens (including phenoxy) is 2. The van der Waals surface area contributed by atoms with Gasteiger partial charge in [-0.1, -0.05) is 13.0 Å². The first kappa shape index (κ1) is 20.7. The van der Waals surface area contributed by atoms with E-state index in [0.29, 0.717) is 5.56 Å². The van der Waals surface area contributed by atoms with Gasteiger partial charge in [-0.3, -0.25) is 10.1 Å². The van der Waals surface area contributed by atoms with Gasteiger partial charge < -0.3 is 14.8 Å². The Hall–Kier alpha value is -2.60. The number of anilines is 1. The van der Waals surface area contributed by atoms with E-state index < -0.39 is 0 Å². The third-order valence-electron chi connectivity index (χ3n) is 3.72. The molecule has 0 fully saturated rings. The monoisotopic (exact) mass is 386 g/mol. The molecule has 0 saturated carbocycles. The Kier molecular flexibility index (Phi) is 7.61. The molecule has 0 heterocycles. The molecule has 144 valence electrons. The Bertz CT molecular complexity index is 775. The van der Waals surface area contributed by atoms with E-state index in [2.05, 4.69) is 17.6 Å². The van der Waals surface area contributed by atoms with E-state index in [4.69, 9.17) is 21.7 Å². The molecule has 0 bridgehead atoms. The zero-order chi connectivity index (χ0) is 19.8. The van der Waals surface area contributed by atoms with Crippen LogP contribution in [-0.2, 0) is 0 Å². The van der Waals surface area contributed by atoms with Crippen LogP contribution in [0.4, 0.5) is 5.69 Å². The second-order valence-electron chi connectivity index (χ2n) is 6.46. The normalized spacial score (nSPS) is 11.6. The maximum Gasteiger partial charge on any atom is 0.257 e. The van der Waals surface area contributed by atoms with Crippen LogP contribution in [0.25, 0.3) is 0 Å². The van der Waals surface area contributed by atoms with Crippen molar-refractivity contribution in [3.05, 3.63) is 54.1 Å². The molecule has 0 aliphatic rings. The zero-order valence-corrected chi connectivity index (χ0v) is 16.9. The molecule has 6 heteroatoms. The molecule has 0 aliphatic carbocycles. The Balaban J connectivity index is 1.93. The standard InChI is InChI=1S/C21H26N2O3S/c1-5-15(4)26-19-8-6-7-17(13-19)22-21(27)23-20(24)16-9-11-18(12-10-16)25-14(2)3/h6-15H,5H2,1-4H3,(H2,22,23,24,27). The number of nitrogens with one attached hydrogen (secondary N) is 2. The van der Waals surface area contributed by atoms with Gasteiger partial charge in [-0.2, -0.15) is 0 Å². The highest BCUT2D eigenvalue weighted by molar-refractivity contribution is 7.80. The third-order valence-corrected chi connectivity index (χ3v) is 3.92. The second kappa shape index (κ2) is 9.92. The predicted molar refractivity (Wildman–Crippen MR) is 113 cm³/mol. The highest BCUT2D eigenvalue weighted by Gasteiger charge is 2.09. The van der Waals surface area contributed by atoms with Crippen LogP contribution in [-0.4, -0.2) is 23.2 Å². The molecule has 1 amide bonds. The van der Waals surface area contributed by atoms with Gasteiger partial charge in [0.1, 0.15) is 11.5 Å². The number of amides is 1. The quantitative estimate of drug-likeness (QED) is 0.671. The molecule has 2 aromatic rings. The van der Waals surface area contributed by atoms with Gasteiger partial charge in [0, 0.05) is 17.3 Å². The van der Waals surface area contributed by atoms with Crippen LogP contribution in [0.2, 0.25) is 0 Å². The van der Waals surface area contributed by atoms with Crippen molar-refractivity contribution in [1.82, 2.24) is 5.32 Å². The topological polar surface area (TPSA) is 59.6 Å². The minimum absolute atomic E-state index is 0.0847. The number of benzene rings is 2. The number of rotatable bonds is 7. The van der Waals surface area contributed by atoms with Crippen molar-refractivity contribution in [3.63, 3.8) is 0 Å². The van der Waals surface area contributed by atoms with E-state index in [0.717, 1.165) is 23.6 Å². The second-order valence-corrected chi connectivity index (χ2v) is 6.87. The molecular weight excluding hydrogens is 360 g/mol. The first-order valence-electron chi connectivity index (χ1n) is 9.03. The number of hydrogen-bond acceptors (Lipinski definition) is 4. The van der Waals surface area contributed by atoms with Crippen molar-refractivity contribution in [2.75, 3.05) is 5.32 Å². The van der Waals surface area contributed by atoms with Crippen molar-refractivity contribution in [2.24, 2.45) is 0 Å². The molecule has 1 atom stereocenters. The molecule has 0 saturated heterocycles. The van der Waals surface area contributed by atoms with Crippen LogP contribution in [0.5, 0.6) is 11.5 Å². The van der Waals surface area contributed by atoms with Crippen LogP contribution in [0, 0.1) is 0 Å². The number of thiocarbonyl (C=S) groups is 1. The summed E-state index contributed by atoms with van der Waals surface area (Å²) in [4.78, 5) is 12.3. The summed E-state index contributed by atoms with van der Waals surface area (Å²) < 4.78 is 11.4. The molecule has 27 heavy (non-hydrogen) atoms. The Labute approximate surface area is 166 Å². The lowest BCUT2D eigenvalue weighted by Crippen LogP contribution is -2.34. The first-order valence-corrected chi connectivity index (χ1v) is 9.44. The van der Waals surface area contributed by atoms with E-state index in [1.807, 2.05) is 45.0 Å². The maximum atomic E-state index is 12.3. The Morgan fingerprint density at radius 1 is 1.04 bits per heavy atom. The average Bonchev–Trinajstić information content (AvgIpc) is 2.61. The molecule has 0 aromatic heterocycles. The van der Waals surface area contributed by atoms with Gasteiger partial charge in [0.05, 0.1) is 12.2 Å². The molecule has 2 aromatic carbocycles. The van der Waals surface area contributed by atoms with Gasteiger partial charge in [-0.05, 0) is 75.8 Å². The molecule has 0 radical (unpaired) electrons. The molecule has 2 N–H and O–H groups in total. The van der Waals surface area contributed by atoms with Crippen molar-refractivity contribution in [1.29, 1.82) is 0 Å². The van der Waals surface area contributed by atoms with Gasteiger partial charge in [-0.25, -0.2) is 0 Å². The summed E-state index contributed by atoms with van der Waals surface area (Å²) in [6.07, 6.45) is 1.14. The number of hydrogen-bond donors (Lipinski definition) is 2. The third kappa shape index (κ3) is 6.90. The maximum absolute atomic E-state index is 12.3. The fourth-order valence-corrected chi connectivity index (χ4v) is 2.47. The van der Waals surface area contributed by atoms with E-state index in [9.17, 15) is 4.79 Å². The summed E-state index contributed by atoms with van der Waals surface area (Å²) in [6.45, 7) is 7.99. The van der Waals surface area contributed by atoms with Gasteiger partial charge in [0.25, 0.3) is 5.91 Å². The number of carbonyl (C=O) groups excluding carboxylic acids is 1. The first-order chi connectivity index (χ1) is 12.9. The highest BCUT2D eigenvalue weighted by atomic mass is 32.1. The summed E-state index contributed by atoms with van der Waals surface area (Å²) in [5.74, 6) is 1.19. The minimum Gasteiger partial charge on any atom is -0.491 e. The van der Waals surface area contributed by atoms with Crippen LogP contribution in [0.1, 0.15) is 44.5 Å². The molecule has 0 aliphatic heterocycles. The largest absolute Gasteiger partial charge is 0.491 e. The molecule has 0 spiro atoms. The van der Waals surface area contributed by atoms with Crippen molar-refractivity contribution in [2.45, 2.75) is 46.3 Å². The SMILES string of the molecule is CCC(C)Oc1cccc(NC(=S)NC(=O)c2ccc(OC(C)C)cc2)c1. The summed E-state index contributed by atoms with van der Waals surface area (Å²) in [6, 6.07) is 14.4. The molecule has 2 rings (SSSR count). The van der Waals surface area contributed by atoms with E-state index >= 15 is 0 Å².